The standard InChI is InChI=1S/C16H22ClNO2/c1-2-3-4-5-6-13-7-9-14(10-8-13)18-16(20)11-15(19)12-17/h7-10H,2-6,11-12H2,1H3,(H,18,20). The molecule has 0 unspecified atom stereocenters. The van der Waals surface area contributed by atoms with Crippen LogP contribution in [0.15, 0.2) is 24.3 Å². The molecule has 0 aliphatic heterocycles. The smallest absolute Gasteiger partial charge is 0.231 e. The van der Waals surface area contributed by atoms with E-state index < -0.39 is 0 Å². The molecule has 0 saturated carbocycles. The number of alkyl halides is 1. The molecule has 0 heterocycles. The van der Waals surface area contributed by atoms with E-state index in [-0.39, 0.29) is 24.0 Å². The summed E-state index contributed by atoms with van der Waals surface area (Å²) in [5, 5.41) is 2.69. The van der Waals surface area contributed by atoms with Crippen molar-refractivity contribution in [3.05, 3.63) is 29.8 Å². The van der Waals surface area contributed by atoms with Gasteiger partial charge in [-0.3, -0.25) is 9.59 Å². The van der Waals surface area contributed by atoms with Crippen molar-refractivity contribution >= 4 is 29.0 Å². The van der Waals surface area contributed by atoms with Gasteiger partial charge in [0.2, 0.25) is 5.91 Å². The second kappa shape index (κ2) is 9.54. The Morgan fingerprint density at radius 2 is 1.80 bits per heavy atom. The van der Waals surface area contributed by atoms with Crippen LogP contribution in [0.1, 0.15) is 44.6 Å². The molecule has 0 radical (unpaired) electrons. The molecule has 0 aromatic heterocycles. The van der Waals surface area contributed by atoms with Crippen LogP contribution in [-0.2, 0) is 16.0 Å². The van der Waals surface area contributed by atoms with Crippen LogP contribution in [-0.4, -0.2) is 17.6 Å². The summed E-state index contributed by atoms with van der Waals surface area (Å²) in [6.45, 7) is 2.20. The Balaban J connectivity index is 2.38. The maximum absolute atomic E-state index is 11.5. The van der Waals surface area contributed by atoms with Crippen molar-refractivity contribution in [2.45, 2.75) is 45.4 Å². The number of carbonyl (C=O) groups excluding carboxylic acids is 2. The van der Waals surface area contributed by atoms with E-state index in [2.05, 4.69) is 12.2 Å². The lowest BCUT2D eigenvalue weighted by molar-refractivity contribution is -0.124. The van der Waals surface area contributed by atoms with Gasteiger partial charge in [-0.15, -0.1) is 11.6 Å². The molecule has 4 heteroatoms. The zero-order valence-corrected chi connectivity index (χ0v) is 12.7. The molecule has 1 rings (SSSR count). The van der Waals surface area contributed by atoms with Crippen molar-refractivity contribution < 1.29 is 9.59 Å². The van der Waals surface area contributed by atoms with Crippen molar-refractivity contribution in [2.24, 2.45) is 0 Å². The molecule has 3 nitrogen and oxygen atoms in total. The molecule has 110 valence electrons. The van der Waals surface area contributed by atoms with E-state index in [0.29, 0.717) is 0 Å². The number of hydrogen-bond donors (Lipinski definition) is 1. The number of benzene rings is 1. The van der Waals surface area contributed by atoms with Crippen LogP contribution in [0.5, 0.6) is 0 Å². The lowest BCUT2D eigenvalue weighted by Gasteiger charge is -2.06. The van der Waals surface area contributed by atoms with E-state index in [4.69, 9.17) is 11.6 Å². The summed E-state index contributed by atoms with van der Waals surface area (Å²) in [7, 11) is 0. The van der Waals surface area contributed by atoms with Crippen molar-refractivity contribution in [1.82, 2.24) is 0 Å². The van der Waals surface area contributed by atoms with Gasteiger partial charge in [-0.2, -0.15) is 0 Å². The predicted molar refractivity (Wildman–Crippen MR) is 83.3 cm³/mol. The van der Waals surface area contributed by atoms with Crippen LogP contribution >= 0.6 is 11.6 Å². The van der Waals surface area contributed by atoms with Gasteiger partial charge in [-0.25, -0.2) is 0 Å². The van der Waals surface area contributed by atoms with Crippen LogP contribution < -0.4 is 5.32 Å². The molecule has 20 heavy (non-hydrogen) atoms. The minimum atomic E-state index is -0.314. The number of Topliss-reactive ketones (excluding diaryl/α,β-unsaturated/α-hetero) is 1. The first kappa shape index (κ1) is 16.7. The Labute approximate surface area is 125 Å². The van der Waals surface area contributed by atoms with Crippen LogP contribution in [0, 0.1) is 0 Å². The van der Waals surface area contributed by atoms with Crippen molar-refractivity contribution in [3.63, 3.8) is 0 Å². The van der Waals surface area contributed by atoms with Crippen LogP contribution in [0.25, 0.3) is 0 Å². The van der Waals surface area contributed by atoms with E-state index in [0.717, 1.165) is 12.1 Å². The molecule has 1 aromatic rings. The molecular weight excluding hydrogens is 274 g/mol. The summed E-state index contributed by atoms with van der Waals surface area (Å²) in [6, 6.07) is 7.78. The van der Waals surface area contributed by atoms with Crippen LogP contribution in [0.2, 0.25) is 0 Å². The number of halogens is 1. The van der Waals surface area contributed by atoms with Gasteiger partial charge in [0.15, 0.2) is 5.78 Å². The number of nitrogens with one attached hydrogen (secondary N) is 1. The van der Waals surface area contributed by atoms with Gasteiger partial charge in [0.25, 0.3) is 0 Å². The number of rotatable bonds is 9. The first-order valence-electron chi connectivity index (χ1n) is 7.12. The largest absolute Gasteiger partial charge is 0.326 e. The highest BCUT2D eigenvalue weighted by Gasteiger charge is 2.08. The maximum Gasteiger partial charge on any atom is 0.231 e. The quantitative estimate of drug-likeness (QED) is 0.426. The third-order valence-electron chi connectivity index (χ3n) is 3.06. The fraction of sp³-hybridized carbons (Fsp3) is 0.500. The fourth-order valence-electron chi connectivity index (χ4n) is 1.94. The molecule has 1 N–H and O–H groups in total. The molecule has 0 atom stereocenters. The molecule has 0 saturated heterocycles. The Bertz CT molecular complexity index is 429. The highest BCUT2D eigenvalue weighted by Crippen LogP contribution is 2.13. The Hall–Kier alpha value is -1.35. The van der Waals surface area contributed by atoms with E-state index in [1.807, 2.05) is 24.3 Å². The minimum Gasteiger partial charge on any atom is -0.326 e. The van der Waals surface area contributed by atoms with E-state index in [1.165, 1.54) is 31.2 Å². The summed E-state index contributed by atoms with van der Waals surface area (Å²) >= 11 is 5.36. The molecule has 0 spiro atoms. The number of hydrogen-bond acceptors (Lipinski definition) is 2. The average molecular weight is 296 g/mol. The van der Waals surface area contributed by atoms with Gasteiger partial charge in [0, 0.05) is 5.69 Å². The molecule has 0 fully saturated rings. The predicted octanol–water partition coefficient (Wildman–Crippen LogP) is 3.95. The van der Waals surface area contributed by atoms with Crippen LogP contribution in [0.3, 0.4) is 0 Å². The monoisotopic (exact) mass is 295 g/mol. The molecule has 1 aromatic carbocycles. The summed E-state index contributed by atoms with van der Waals surface area (Å²) < 4.78 is 0. The maximum atomic E-state index is 11.5. The number of aryl methyl sites for hydroxylation is 1. The van der Waals surface area contributed by atoms with Gasteiger partial charge in [-0.1, -0.05) is 38.3 Å². The number of amides is 1. The number of ketones is 1. The summed E-state index contributed by atoms with van der Waals surface area (Å²) in [4.78, 5) is 22.6. The molecule has 1 amide bonds. The normalized spacial score (nSPS) is 10.3. The van der Waals surface area contributed by atoms with E-state index in [1.54, 1.807) is 0 Å². The van der Waals surface area contributed by atoms with Crippen molar-refractivity contribution in [2.75, 3.05) is 11.2 Å². The second-order valence-corrected chi connectivity index (χ2v) is 5.17. The minimum absolute atomic E-state index is 0.121. The zero-order valence-electron chi connectivity index (χ0n) is 12.0. The van der Waals surface area contributed by atoms with Crippen molar-refractivity contribution in [3.8, 4) is 0 Å². The third-order valence-corrected chi connectivity index (χ3v) is 3.36. The Kier molecular flexibility index (Phi) is 7.97. The topological polar surface area (TPSA) is 46.2 Å². The van der Waals surface area contributed by atoms with Crippen LogP contribution in [0.4, 0.5) is 5.69 Å². The number of unbranched alkanes of at least 4 members (excludes halogenated alkanes) is 3. The molecular formula is C16H22ClNO2. The van der Waals surface area contributed by atoms with E-state index >= 15 is 0 Å². The fourth-order valence-corrected chi connectivity index (χ4v) is 2.04. The van der Waals surface area contributed by atoms with E-state index in [9.17, 15) is 9.59 Å². The van der Waals surface area contributed by atoms with Gasteiger partial charge < -0.3 is 5.32 Å². The Morgan fingerprint density at radius 3 is 2.40 bits per heavy atom. The van der Waals surface area contributed by atoms with Gasteiger partial charge in [0.1, 0.15) is 0 Å². The zero-order chi connectivity index (χ0) is 14.8. The average Bonchev–Trinajstić information content (AvgIpc) is 2.45. The van der Waals surface area contributed by atoms with Gasteiger partial charge >= 0.3 is 0 Å². The SMILES string of the molecule is CCCCCCc1ccc(NC(=O)CC(=O)CCl)cc1. The summed E-state index contributed by atoms with van der Waals surface area (Å²) in [5.41, 5.74) is 1.99. The first-order chi connectivity index (χ1) is 9.65. The highest BCUT2D eigenvalue weighted by atomic mass is 35.5. The highest BCUT2D eigenvalue weighted by molar-refractivity contribution is 6.29. The number of anilines is 1. The third kappa shape index (κ3) is 6.71. The molecule has 0 aliphatic rings. The number of carbonyl (C=O) groups is 2. The summed E-state index contributed by atoms with van der Waals surface area (Å²) in [5.74, 6) is -0.701. The lowest BCUT2D eigenvalue weighted by atomic mass is 10.1. The second-order valence-electron chi connectivity index (χ2n) is 4.90. The molecule has 0 aliphatic carbocycles. The van der Waals surface area contributed by atoms with Gasteiger partial charge in [0.05, 0.1) is 12.3 Å². The lowest BCUT2D eigenvalue weighted by Crippen LogP contribution is -2.17. The first-order valence-corrected chi connectivity index (χ1v) is 7.65. The van der Waals surface area contributed by atoms with Gasteiger partial charge in [-0.05, 0) is 30.5 Å². The molecule has 0 bridgehead atoms. The Morgan fingerprint density at radius 1 is 1.10 bits per heavy atom. The van der Waals surface area contributed by atoms with Crippen molar-refractivity contribution in [1.29, 1.82) is 0 Å². The summed E-state index contributed by atoms with van der Waals surface area (Å²) in [6.07, 6.45) is 5.88.